The van der Waals surface area contributed by atoms with Crippen molar-refractivity contribution in [2.75, 3.05) is 30.5 Å². The number of rotatable bonds is 9. The van der Waals surface area contributed by atoms with E-state index in [4.69, 9.17) is 21.7 Å². The first-order chi connectivity index (χ1) is 16.5. The van der Waals surface area contributed by atoms with Gasteiger partial charge in [0.25, 0.3) is 11.8 Å². The average Bonchev–Trinajstić information content (AvgIpc) is 2.83. The van der Waals surface area contributed by atoms with Crippen molar-refractivity contribution in [1.29, 1.82) is 0 Å². The van der Waals surface area contributed by atoms with Crippen LogP contribution in [0.25, 0.3) is 0 Å². The molecular weight excluding hydrogens is 450 g/mol. The van der Waals surface area contributed by atoms with E-state index in [0.29, 0.717) is 48.1 Å². The van der Waals surface area contributed by atoms with Crippen LogP contribution in [-0.4, -0.2) is 36.7 Å². The fourth-order valence-electron chi connectivity index (χ4n) is 3.13. The maximum absolute atomic E-state index is 12.7. The molecule has 0 fully saturated rings. The lowest BCUT2D eigenvalue weighted by molar-refractivity contribution is 0.0958. The molecule has 34 heavy (non-hydrogen) atoms. The maximum Gasteiger partial charge on any atom is 0.261 e. The van der Waals surface area contributed by atoms with Gasteiger partial charge in [-0.2, -0.15) is 0 Å². The Bertz CT molecular complexity index is 1150. The van der Waals surface area contributed by atoms with Crippen LogP contribution in [0.5, 0.6) is 5.75 Å². The summed E-state index contributed by atoms with van der Waals surface area (Å²) in [7, 11) is 0. The van der Waals surface area contributed by atoms with E-state index in [1.807, 2.05) is 32.0 Å². The van der Waals surface area contributed by atoms with Crippen LogP contribution < -0.4 is 20.7 Å². The number of ether oxygens (including phenoxy) is 2. The Kier molecular flexibility index (Phi) is 9.13. The number of benzene rings is 3. The summed E-state index contributed by atoms with van der Waals surface area (Å²) in [4.78, 5) is 25.2. The van der Waals surface area contributed by atoms with Gasteiger partial charge in [0.15, 0.2) is 5.11 Å². The van der Waals surface area contributed by atoms with E-state index in [0.717, 1.165) is 5.56 Å². The van der Waals surface area contributed by atoms with Crippen molar-refractivity contribution in [3.8, 4) is 5.75 Å². The Hall–Kier alpha value is -3.75. The lowest BCUT2D eigenvalue weighted by Gasteiger charge is -2.13. The first-order valence-electron chi connectivity index (χ1n) is 10.9. The Labute approximate surface area is 204 Å². The normalized spacial score (nSPS) is 10.3. The van der Waals surface area contributed by atoms with E-state index < -0.39 is 0 Å². The number of thiocarbonyl (C=S) groups is 1. The maximum atomic E-state index is 12.7. The molecule has 0 bridgehead atoms. The topological polar surface area (TPSA) is 88.7 Å². The Morgan fingerprint density at radius 1 is 0.794 bits per heavy atom. The van der Waals surface area contributed by atoms with Crippen LogP contribution in [0, 0.1) is 6.92 Å². The molecule has 3 rings (SSSR count). The Balaban J connectivity index is 1.55. The summed E-state index contributed by atoms with van der Waals surface area (Å²) in [6.45, 7) is 5.18. The zero-order valence-corrected chi connectivity index (χ0v) is 19.9. The van der Waals surface area contributed by atoms with Crippen molar-refractivity contribution in [2.24, 2.45) is 0 Å². The Morgan fingerprint density at radius 2 is 1.41 bits per heavy atom. The molecule has 0 aliphatic carbocycles. The van der Waals surface area contributed by atoms with Gasteiger partial charge in [0.2, 0.25) is 0 Å². The van der Waals surface area contributed by atoms with Gasteiger partial charge in [0, 0.05) is 23.5 Å². The number of aryl methyl sites for hydroxylation is 1. The first-order valence-corrected chi connectivity index (χ1v) is 11.3. The average molecular weight is 478 g/mol. The molecule has 0 saturated carbocycles. The van der Waals surface area contributed by atoms with Crippen LogP contribution in [0.2, 0.25) is 0 Å². The SMILES string of the molecule is CCOCCOc1ccccc1C(=O)NC(=S)Nc1ccc(NC(=O)c2ccccc2C)cc1. The van der Waals surface area contributed by atoms with E-state index in [-0.39, 0.29) is 16.9 Å². The van der Waals surface area contributed by atoms with Crippen LogP contribution in [0.4, 0.5) is 11.4 Å². The molecular formula is C26H27N3O4S. The summed E-state index contributed by atoms with van der Waals surface area (Å²) >= 11 is 5.28. The monoisotopic (exact) mass is 477 g/mol. The molecule has 0 aromatic heterocycles. The zero-order chi connectivity index (χ0) is 24.3. The van der Waals surface area contributed by atoms with Crippen LogP contribution in [-0.2, 0) is 4.74 Å². The van der Waals surface area contributed by atoms with E-state index in [9.17, 15) is 9.59 Å². The van der Waals surface area contributed by atoms with Gasteiger partial charge in [-0.15, -0.1) is 0 Å². The lowest BCUT2D eigenvalue weighted by atomic mass is 10.1. The molecule has 0 aliphatic rings. The van der Waals surface area contributed by atoms with Gasteiger partial charge in [0.1, 0.15) is 12.4 Å². The molecule has 0 aliphatic heterocycles. The molecule has 7 nitrogen and oxygen atoms in total. The fraction of sp³-hybridized carbons (Fsp3) is 0.192. The van der Waals surface area contributed by atoms with Crippen molar-refractivity contribution in [1.82, 2.24) is 5.32 Å². The van der Waals surface area contributed by atoms with Gasteiger partial charge in [-0.25, -0.2) is 0 Å². The number of anilines is 2. The van der Waals surface area contributed by atoms with Crippen molar-refractivity contribution in [3.63, 3.8) is 0 Å². The third-order valence-electron chi connectivity index (χ3n) is 4.84. The summed E-state index contributed by atoms with van der Waals surface area (Å²) in [6.07, 6.45) is 0. The molecule has 0 atom stereocenters. The molecule has 8 heteroatoms. The molecule has 3 N–H and O–H groups in total. The van der Waals surface area contributed by atoms with Crippen LogP contribution in [0.3, 0.4) is 0 Å². The molecule has 176 valence electrons. The number of nitrogens with one attached hydrogen (secondary N) is 3. The molecule has 0 saturated heterocycles. The van der Waals surface area contributed by atoms with Gasteiger partial charge in [-0.1, -0.05) is 30.3 Å². The van der Waals surface area contributed by atoms with Crippen LogP contribution >= 0.6 is 12.2 Å². The molecule has 0 unspecified atom stereocenters. The molecule has 0 heterocycles. The smallest absolute Gasteiger partial charge is 0.261 e. The molecule has 2 amide bonds. The fourth-order valence-corrected chi connectivity index (χ4v) is 3.34. The van der Waals surface area contributed by atoms with E-state index >= 15 is 0 Å². The second-order valence-electron chi connectivity index (χ2n) is 7.30. The van der Waals surface area contributed by atoms with Crippen molar-refractivity contribution in [2.45, 2.75) is 13.8 Å². The van der Waals surface area contributed by atoms with Gasteiger partial charge in [-0.3, -0.25) is 14.9 Å². The van der Waals surface area contributed by atoms with Gasteiger partial charge in [-0.05, 0) is 74.1 Å². The first kappa shape index (κ1) is 24.9. The number of carbonyl (C=O) groups excluding carboxylic acids is 2. The minimum absolute atomic E-state index is 0.144. The molecule has 3 aromatic carbocycles. The predicted octanol–water partition coefficient (Wildman–Crippen LogP) is 4.79. The zero-order valence-electron chi connectivity index (χ0n) is 19.1. The molecule has 0 radical (unpaired) electrons. The molecule has 3 aromatic rings. The van der Waals surface area contributed by atoms with Crippen molar-refractivity contribution >= 4 is 40.5 Å². The predicted molar refractivity (Wildman–Crippen MR) is 138 cm³/mol. The number of para-hydroxylation sites is 1. The minimum atomic E-state index is -0.383. The lowest BCUT2D eigenvalue weighted by Crippen LogP contribution is -2.34. The van der Waals surface area contributed by atoms with Crippen molar-refractivity contribution in [3.05, 3.63) is 89.5 Å². The summed E-state index contributed by atoms with van der Waals surface area (Å²) in [5.74, 6) is -0.105. The summed E-state index contributed by atoms with van der Waals surface area (Å²) in [6, 6.07) is 21.4. The highest BCUT2D eigenvalue weighted by atomic mass is 32.1. The van der Waals surface area contributed by atoms with Gasteiger partial charge < -0.3 is 20.1 Å². The quantitative estimate of drug-likeness (QED) is 0.303. The number of hydrogen-bond donors (Lipinski definition) is 3. The summed E-state index contributed by atoms with van der Waals surface area (Å²) in [5, 5.41) is 8.65. The number of hydrogen-bond acceptors (Lipinski definition) is 5. The highest BCUT2D eigenvalue weighted by molar-refractivity contribution is 7.80. The summed E-state index contributed by atoms with van der Waals surface area (Å²) in [5.41, 5.74) is 3.21. The Morgan fingerprint density at radius 3 is 2.09 bits per heavy atom. The standard InChI is InChI=1S/C26H27N3O4S/c1-3-32-16-17-33-23-11-7-6-10-22(23)25(31)29-26(34)28-20-14-12-19(13-15-20)27-24(30)21-9-5-4-8-18(21)2/h4-15H,3,16-17H2,1-2H3,(H,27,30)(H2,28,29,31,34). The van der Waals surface area contributed by atoms with Crippen molar-refractivity contribution < 1.29 is 19.1 Å². The minimum Gasteiger partial charge on any atom is -0.490 e. The largest absolute Gasteiger partial charge is 0.490 e. The second kappa shape index (κ2) is 12.5. The van der Waals surface area contributed by atoms with E-state index in [1.165, 1.54) is 0 Å². The highest BCUT2D eigenvalue weighted by Crippen LogP contribution is 2.19. The second-order valence-corrected chi connectivity index (χ2v) is 7.70. The van der Waals surface area contributed by atoms with Crippen LogP contribution in [0.15, 0.2) is 72.8 Å². The van der Waals surface area contributed by atoms with Gasteiger partial charge >= 0.3 is 0 Å². The number of carbonyl (C=O) groups is 2. The highest BCUT2D eigenvalue weighted by Gasteiger charge is 2.14. The third kappa shape index (κ3) is 7.13. The van der Waals surface area contributed by atoms with Crippen LogP contribution in [0.1, 0.15) is 33.2 Å². The summed E-state index contributed by atoms with van der Waals surface area (Å²) < 4.78 is 10.9. The van der Waals surface area contributed by atoms with E-state index in [2.05, 4.69) is 16.0 Å². The van der Waals surface area contributed by atoms with Gasteiger partial charge in [0.05, 0.1) is 12.2 Å². The third-order valence-corrected chi connectivity index (χ3v) is 5.04. The number of amides is 2. The van der Waals surface area contributed by atoms with E-state index in [1.54, 1.807) is 54.6 Å². The molecule has 0 spiro atoms.